The van der Waals surface area contributed by atoms with Crippen LogP contribution in [0.3, 0.4) is 0 Å². The zero-order chi connectivity index (χ0) is 21.8. The molecule has 1 atom stereocenters. The van der Waals surface area contributed by atoms with Crippen LogP contribution in [0.5, 0.6) is 0 Å². The average molecular weight is 452 g/mol. The van der Waals surface area contributed by atoms with Gasteiger partial charge in [0, 0.05) is 30.4 Å². The number of carbonyl (C=O) groups excluding carboxylic acids is 1. The molecule has 4 rings (SSSR count). The van der Waals surface area contributed by atoms with E-state index in [1.54, 1.807) is 30.1 Å². The first-order valence-electron chi connectivity index (χ1n) is 10.3. The maximum Gasteiger partial charge on any atom is 0.264 e. The van der Waals surface area contributed by atoms with Crippen molar-refractivity contribution >= 4 is 44.6 Å². The Morgan fingerprint density at radius 3 is 2.68 bits per heavy atom. The van der Waals surface area contributed by atoms with E-state index in [1.165, 1.54) is 16.2 Å². The molecule has 160 valence electrons. The highest BCUT2D eigenvalue weighted by Crippen LogP contribution is 2.36. The molecule has 0 aliphatic heterocycles. The number of aryl methyl sites for hydroxylation is 1. The second kappa shape index (κ2) is 9.53. The zero-order valence-electron chi connectivity index (χ0n) is 17.8. The Balaban J connectivity index is 1.66. The van der Waals surface area contributed by atoms with Gasteiger partial charge in [0.1, 0.15) is 17.0 Å². The van der Waals surface area contributed by atoms with Gasteiger partial charge in [-0.1, -0.05) is 13.0 Å². The van der Waals surface area contributed by atoms with E-state index in [4.69, 9.17) is 0 Å². The van der Waals surface area contributed by atoms with Gasteiger partial charge in [-0.15, -0.1) is 22.7 Å². The molecule has 0 saturated heterocycles. The van der Waals surface area contributed by atoms with E-state index in [0.29, 0.717) is 13.1 Å². The molecule has 4 aromatic heterocycles. The van der Waals surface area contributed by atoms with Crippen LogP contribution in [0.1, 0.15) is 52.0 Å². The Labute approximate surface area is 190 Å². The number of thiophene rings is 2. The van der Waals surface area contributed by atoms with Crippen LogP contribution < -0.4 is 5.32 Å². The molecule has 0 aromatic carbocycles. The third kappa shape index (κ3) is 4.45. The molecular weight excluding hydrogens is 426 g/mol. The Bertz CT molecular complexity index is 1160. The smallest absolute Gasteiger partial charge is 0.264 e. The summed E-state index contributed by atoms with van der Waals surface area (Å²) in [7, 11) is 0. The van der Waals surface area contributed by atoms with Crippen LogP contribution >= 0.6 is 22.7 Å². The number of pyridine rings is 1. The molecule has 0 aliphatic carbocycles. The van der Waals surface area contributed by atoms with Gasteiger partial charge in [-0.05, 0) is 55.0 Å². The van der Waals surface area contributed by atoms with Crippen molar-refractivity contribution < 1.29 is 4.79 Å². The van der Waals surface area contributed by atoms with E-state index < -0.39 is 0 Å². The third-order valence-corrected chi connectivity index (χ3v) is 7.49. The van der Waals surface area contributed by atoms with Crippen LogP contribution in [0.2, 0.25) is 0 Å². The highest BCUT2D eigenvalue weighted by molar-refractivity contribution is 7.20. The van der Waals surface area contributed by atoms with Crippen molar-refractivity contribution in [3.8, 4) is 0 Å². The highest BCUT2D eigenvalue weighted by atomic mass is 32.1. The lowest BCUT2D eigenvalue weighted by atomic mass is 10.1. The summed E-state index contributed by atoms with van der Waals surface area (Å²) < 4.78 is 0. The van der Waals surface area contributed by atoms with Crippen molar-refractivity contribution in [2.45, 2.75) is 39.8 Å². The number of nitrogens with one attached hydrogen (secondary N) is 1. The van der Waals surface area contributed by atoms with Gasteiger partial charge < -0.3 is 10.2 Å². The molecule has 0 fully saturated rings. The molecule has 0 bridgehead atoms. The number of aromatic nitrogens is 3. The molecule has 0 radical (unpaired) electrons. The van der Waals surface area contributed by atoms with Gasteiger partial charge in [0.25, 0.3) is 5.91 Å². The Morgan fingerprint density at radius 1 is 1.19 bits per heavy atom. The molecule has 31 heavy (non-hydrogen) atoms. The van der Waals surface area contributed by atoms with Crippen molar-refractivity contribution in [1.82, 2.24) is 19.9 Å². The summed E-state index contributed by atoms with van der Waals surface area (Å²) in [6.45, 7) is 7.33. The van der Waals surface area contributed by atoms with Crippen LogP contribution in [-0.2, 0) is 6.54 Å². The first-order valence-corrected chi connectivity index (χ1v) is 12.0. The number of amides is 1. The number of fused-ring (bicyclic) bond motifs is 1. The quantitative estimate of drug-likeness (QED) is 0.373. The van der Waals surface area contributed by atoms with Crippen molar-refractivity contribution in [3.63, 3.8) is 0 Å². The first-order chi connectivity index (χ1) is 15.1. The number of hydrogen-bond acceptors (Lipinski definition) is 7. The molecule has 0 saturated carbocycles. The molecule has 1 N–H and O–H groups in total. The second-order valence-electron chi connectivity index (χ2n) is 7.25. The molecule has 0 aliphatic rings. The minimum Gasteiger partial charge on any atom is -0.362 e. The van der Waals surface area contributed by atoms with E-state index in [2.05, 4.69) is 44.7 Å². The van der Waals surface area contributed by atoms with Gasteiger partial charge in [-0.3, -0.25) is 9.78 Å². The number of rotatable bonds is 8. The van der Waals surface area contributed by atoms with Crippen LogP contribution in [0.4, 0.5) is 5.82 Å². The molecule has 4 aromatic rings. The van der Waals surface area contributed by atoms with Gasteiger partial charge in [-0.25, -0.2) is 9.97 Å². The summed E-state index contributed by atoms with van der Waals surface area (Å²) in [4.78, 5) is 31.1. The zero-order valence-corrected chi connectivity index (χ0v) is 19.5. The largest absolute Gasteiger partial charge is 0.362 e. The van der Waals surface area contributed by atoms with Gasteiger partial charge in [0.05, 0.1) is 16.3 Å². The van der Waals surface area contributed by atoms with Gasteiger partial charge in [0.15, 0.2) is 0 Å². The lowest BCUT2D eigenvalue weighted by Gasteiger charge is -2.20. The van der Waals surface area contributed by atoms with Crippen molar-refractivity contribution in [2.75, 3.05) is 11.9 Å². The number of hydrogen-bond donors (Lipinski definition) is 1. The number of carbonyl (C=O) groups is 1. The van der Waals surface area contributed by atoms with E-state index in [0.717, 1.165) is 38.5 Å². The summed E-state index contributed by atoms with van der Waals surface area (Å²) in [6, 6.07) is 8.26. The monoisotopic (exact) mass is 451 g/mol. The predicted molar refractivity (Wildman–Crippen MR) is 128 cm³/mol. The van der Waals surface area contributed by atoms with Crippen molar-refractivity contribution in [2.24, 2.45) is 0 Å². The summed E-state index contributed by atoms with van der Waals surface area (Å²) in [5, 5.41) is 6.61. The predicted octanol–water partition coefficient (Wildman–Crippen LogP) is 5.68. The van der Waals surface area contributed by atoms with E-state index >= 15 is 0 Å². The van der Waals surface area contributed by atoms with Gasteiger partial charge in [-0.2, -0.15) is 0 Å². The molecule has 4 heterocycles. The number of anilines is 1. The SMILES string of the molecule is CC[C@H](Nc1ncnc2sc(C(=O)N(CC)Cc3ccncc3)c(C)c12)c1cccs1. The Kier molecular flexibility index (Phi) is 6.58. The molecule has 1 amide bonds. The highest BCUT2D eigenvalue weighted by Gasteiger charge is 2.24. The van der Waals surface area contributed by atoms with Crippen molar-refractivity contribution in [1.29, 1.82) is 0 Å². The molecular formula is C23H25N5OS2. The molecule has 6 nitrogen and oxygen atoms in total. The molecule has 0 unspecified atom stereocenters. The third-order valence-electron chi connectivity index (χ3n) is 5.32. The first kappa shape index (κ1) is 21.4. The van der Waals surface area contributed by atoms with E-state index in [9.17, 15) is 4.79 Å². The van der Waals surface area contributed by atoms with Gasteiger partial charge >= 0.3 is 0 Å². The van der Waals surface area contributed by atoms with Gasteiger partial charge in [0.2, 0.25) is 0 Å². The summed E-state index contributed by atoms with van der Waals surface area (Å²) in [5.74, 6) is 0.811. The fourth-order valence-electron chi connectivity index (χ4n) is 3.59. The van der Waals surface area contributed by atoms with Crippen molar-refractivity contribution in [3.05, 3.63) is 69.2 Å². The maximum absolute atomic E-state index is 13.4. The standard InChI is InChI=1S/C23H25N5OS2/c1-4-17(18-7-6-12-30-18)27-21-19-15(3)20(31-22(19)26-14-25-21)23(29)28(5-2)13-16-8-10-24-11-9-16/h6-12,14,17H,4-5,13H2,1-3H3,(H,25,26,27)/t17-/m0/s1. The lowest BCUT2D eigenvalue weighted by molar-refractivity contribution is 0.0757. The number of nitrogens with zero attached hydrogens (tertiary/aromatic N) is 4. The van der Waals surface area contributed by atoms with E-state index in [1.807, 2.05) is 30.9 Å². The fourth-order valence-corrected chi connectivity index (χ4v) is 5.57. The average Bonchev–Trinajstić information content (AvgIpc) is 3.45. The lowest BCUT2D eigenvalue weighted by Crippen LogP contribution is -2.30. The second-order valence-corrected chi connectivity index (χ2v) is 9.23. The molecule has 8 heteroatoms. The summed E-state index contributed by atoms with van der Waals surface area (Å²) in [5.41, 5.74) is 2.00. The summed E-state index contributed by atoms with van der Waals surface area (Å²) in [6.07, 6.45) is 6.02. The normalized spacial score (nSPS) is 12.1. The topological polar surface area (TPSA) is 71.0 Å². The van der Waals surface area contributed by atoms with Crippen LogP contribution in [-0.4, -0.2) is 32.3 Å². The van der Waals surface area contributed by atoms with E-state index in [-0.39, 0.29) is 11.9 Å². The van der Waals surface area contributed by atoms with Crippen LogP contribution in [0.25, 0.3) is 10.2 Å². The minimum absolute atomic E-state index is 0.0241. The summed E-state index contributed by atoms with van der Waals surface area (Å²) >= 11 is 3.17. The minimum atomic E-state index is 0.0241. The maximum atomic E-state index is 13.4. The fraction of sp³-hybridized carbons (Fsp3) is 0.304. The van der Waals surface area contributed by atoms with Crippen LogP contribution in [0, 0.1) is 6.92 Å². The Morgan fingerprint density at radius 2 is 2.00 bits per heavy atom. The molecule has 0 spiro atoms. The Hall–Kier alpha value is -2.84. The van der Waals surface area contributed by atoms with Crippen LogP contribution in [0.15, 0.2) is 48.4 Å².